The van der Waals surface area contributed by atoms with E-state index in [9.17, 15) is 9.59 Å². The van der Waals surface area contributed by atoms with Crippen LogP contribution < -0.4 is 5.32 Å². The van der Waals surface area contributed by atoms with E-state index >= 15 is 0 Å². The second-order valence-corrected chi connectivity index (χ2v) is 8.98. The summed E-state index contributed by atoms with van der Waals surface area (Å²) in [5, 5.41) is 10.3. The third-order valence-electron chi connectivity index (χ3n) is 4.92. The van der Waals surface area contributed by atoms with Gasteiger partial charge in [0.1, 0.15) is 0 Å². The van der Waals surface area contributed by atoms with E-state index in [0.717, 1.165) is 40.5 Å². The Bertz CT molecular complexity index is 823. The number of hydrogen-bond donors (Lipinski definition) is 2. The smallest absolute Gasteiger partial charge is 0.272 e. The predicted molar refractivity (Wildman–Crippen MR) is 104 cm³/mol. The van der Waals surface area contributed by atoms with Crippen LogP contribution in [-0.2, 0) is 19.4 Å². The number of nitrogens with zero attached hydrogens (tertiary/aromatic N) is 2. The second kappa shape index (κ2) is 7.44. The number of aromatic nitrogens is 2. The fourth-order valence-electron chi connectivity index (χ4n) is 3.42. The minimum Gasteiger partial charge on any atom is -0.347 e. The van der Waals surface area contributed by atoms with Crippen molar-refractivity contribution in [3.05, 3.63) is 38.8 Å². The van der Waals surface area contributed by atoms with Gasteiger partial charge in [-0.3, -0.25) is 14.7 Å². The monoisotopic (exact) mass is 390 g/mol. The first-order valence-corrected chi connectivity index (χ1v) is 11.0. The molecule has 2 N–H and O–H groups in total. The van der Waals surface area contributed by atoms with Gasteiger partial charge < -0.3 is 10.2 Å². The molecular weight excluding hydrogens is 368 g/mol. The van der Waals surface area contributed by atoms with Crippen LogP contribution >= 0.6 is 23.1 Å². The lowest BCUT2D eigenvalue weighted by Gasteiger charge is -2.26. The molecule has 6 nitrogen and oxygen atoms in total. The number of aromatic amines is 1. The molecule has 1 unspecified atom stereocenters. The number of carbonyl (C=O) groups is 2. The van der Waals surface area contributed by atoms with Crippen molar-refractivity contribution in [1.29, 1.82) is 0 Å². The van der Waals surface area contributed by atoms with Crippen LogP contribution in [-0.4, -0.2) is 51.0 Å². The Morgan fingerprint density at radius 1 is 1.42 bits per heavy atom. The van der Waals surface area contributed by atoms with Crippen molar-refractivity contribution in [2.45, 2.75) is 38.8 Å². The molecule has 8 heteroatoms. The molecule has 0 saturated carbocycles. The van der Waals surface area contributed by atoms with Crippen LogP contribution in [0.15, 0.2) is 12.1 Å². The lowest BCUT2D eigenvalue weighted by Crippen LogP contribution is -2.37. The molecule has 0 radical (unpaired) electrons. The Labute approximate surface area is 160 Å². The van der Waals surface area contributed by atoms with E-state index in [2.05, 4.69) is 22.4 Å². The molecule has 1 fully saturated rings. The number of nitrogens with one attached hydrogen (secondary N) is 2. The van der Waals surface area contributed by atoms with Gasteiger partial charge in [0.05, 0.1) is 17.1 Å². The molecule has 0 aliphatic carbocycles. The molecule has 1 saturated heterocycles. The summed E-state index contributed by atoms with van der Waals surface area (Å²) >= 11 is 3.43. The maximum Gasteiger partial charge on any atom is 0.272 e. The molecule has 138 valence electrons. The Hall–Kier alpha value is -1.80. The summed E-state index contributed by atoms with van der Waals surface area (Å²) in [4.78, 5) is 29.1. The number of aryl methyl sites for hydroxylation is 1. The zero-order valence-corrected chi connectivity index (χ0v) is 16.3. The van der Waals surface area contributed by atoms with Crippen molar-refractivity contribution in [3.63, 3.8) is 0 Å². The van der Waals surface area contributed by atoms with Gasteiger partial charge in [-0.1, -0.05) is 6.92 Å². The van der Waals surface area contributed by atoms with Gasteiger partial charge in [0.25, 0.3) is 11.8 Å². The minimum atomic E-state index is -0.0966. The maximum atomic E-state index is 12.7. The fraction of sp³-hybridized carbons (Fsp3) is 0.500. The minimum absolute atomic E-state index is 0.0592. The number of carbonyl (C=O) groups excluding carboxylic acids is 2. The lowest BCUT2D eigenvalue weighted by atomic mass is 10.0. The van der Waals surface area contributed by atoms with Crippen LogP contribution in [0.2, 0.25) is 0 Å². The van der Waals surface area contributed by atoms with Gasteiger partial charge in [0.2, 0.25) is 0 Å². The molecule has 4 rings (SSSR count). The summed E-state index contributed by atoms with van der Waals surface area (Å²) in [6, 6.07) is 4.17. The molecule has 1 atom stereocenters. The third-order valence-corrected chi connectivity index (χ3v) is 7.30. The van der Waals surface area contributed by atoms with Crippen molar-refractivity contribution >= 4 is 34.9 Å². The van der Waals surface area contributed by atoms with Gasteiger partial charge >= 0.3 is 0 Å². The van der Waals surface area contributed by atoms with Crippen LogP contribution in [0.25, 0.3) is 0 Å². The molecule has 0 spiro atoms. The Kier molecular flexibility index (Phi) is 5.04. The van der Waals surface area contributed by atoms with Crippen molar-refractivity contribution in [2.75, 3.05) is 18.1 Å². The summed E-state index contributed by atoms with van der Waals surface area (Å²) in [6.07, 6.45) is 2.62. The van der Waals surface area contributed by atoms with Crippen molar-refractivity contribution in [2.24, 2.45) is 0 Å². The highest BCUT2D eigenvalue weighted by atomic mass is 32.2. The van der Waals surface area contributed by atoms with Gasteiger partial charge in [0, 0.05) is 28.8 Å². The van der Waals surface area contributed by atoms with Crippen LogP contribution in [0, 0.1) is 0 Å². The number of hydrogen-bond acceptors (Lipinski definition) is 5. The van der Waals surface area contributed by atoms with Gasteiger partial charge in [0.15, 0.2) is 5.69 Å². The van der Waals surface area contributed by atoms with Crippen LogP contribution in [0.4, 0.5) is 0 Å². The molecule has 2 aromatic rings. The van der Waals surface area contributed by atoms with Crippen LogP contribution in [0.3, 0.4) is 0 Å². The second-order valence-electron chi connectivity index (χ2n) is 6.66. The molecule has 2 aliphatic heterocycles. The van der Waals surface area contributed by atoms with Crippen molar-refractivity contribution in [1.82, 2.24) is 20.4 Å². The first-order chi connectivity index (χ1) is 12.7. The fourth-order valence-corrected chi connectivity index (χ4v) is 5.49. The van der Waals surface area contributed by atoms with Gasteiger partial charge in [-0.2, -0.15) is 16.9 Å². The van der Waals surface area contributed by atoms with E-state index in [0.29, 0.717) is 25.2 Å². The zero-order chi connectivity index (χ0) is 18.1. The molecule has 0 aromatic carbocycles. The maximum absolute atomic E-state index is 12.7. The van der Waals surface area contributed by atoms with E-state index in [1.54, 1.807) is 11.3 Å². The molecule has 2 aliphatic rings. The van der Waals surface area contributed by atoms with E-state index in [-0.39, 0.29) is 17.9 Å². The number of thioether (sulfide) groups is 1. The van der Waals surface area contributed by atoms with E-state index < -0.39 is 0 Å². The number of thiophene rings is 1. The topological polar surface area (TPSA) is 78.1 Å². The zero-order valence-electron chi connectivity index (χ0n) is 14.7. The highest BCUT2D eigenvalue weighted by Crippen LogP contribution is 2.25. The summed E-state index contributed by atoms with van der Waals surface area (Å²) < 4.78 is 0. The first-order valence-electron chi connectivity index (χ1n) is 8.98. The highest BCUT2D eigenvalue weighted by molar-refractivity contribution is 7.99. The van der Waals surface area contributed by atoms with Gasteiger partial charge in [-0.15, -0.1) is 11.3 Å². The Balaban J connectivity index is 1.45. The molecule has 26 heavy (non-hydrogen) atoms. The number of amides is 2. The quantitative estimate of drug-likeness (QED) is 0.841. The Morgan fingerprint density at radius 3 is 3.04 bits per heavy atom. The lowest BCUT2D eigenvalue weighted by molar-refractivity contribution is 0.0737. The summed E-state index contributed by atoms with van der Waals surface area (Å²) in [5.74, 6) is 2.04. The summed E-state index contributed by atoms with van der Waals surface area (Å²) in [5.41, 5.74) is 2.33. The standard InChI is InChI=1S/C18H22N4O2S2/c1-2-12-3-4-15(26-12)18(24)22-7-5-13-14(9-22)20-21-16(13)17(23)19-11-6-8-25-10-11/h3-4,11H,2,5-10H2,1H3,(H,19,23)(H,20,21). The highest BCUT2D eigenvalue weighted by Gasteiger charge is 2.29. The average molecular weight is 391 g/mol. The molecule has 2 amide bonds. The number of H-pyrrole nitrogens is 1. The van der Waals surface area contributed by atoms with Gasteiger partial charge in [-0.05, 0) is 37.1 Å². The third kappa shape index (κ3) is 3.40. The Morgan fingerprint density at radius 2 is 2.31 bits per heavy atom. The molecule has 4 heterocycles. The normalized spacial score (nSPS) is 19.4. The first kappa shape index (κ1) is 17.6. The SMILES string of the molecule is CCc1ccc(C(=O)N2CCc3c(C(=O)NC4CCSC4)n[nH]c3C2)s1. The number of fused-ring (bicyclic) bond motifs is 1. The largest absolute Gasteiger partial charge is 0.347 e. The van der Waals surface area contributed by atoms with Crippen molar-refractivity contribution < 1.29 is 9.59 Å². The van der Waals surface area contributed by atoms with Crippen molar-refractivity contribution in [3.8, 4) is 0 Å². The predicted octanol–water partition coefficient (Wildman–Crippen LogP) is 2.47. The molecular formula is C18H22N4O2S2. The van der Waals surface area contributed by atoms with Gasteiger partial charge in [-0.25, -0.2) is 0 Å². The van der Waals surface area contributed by atoms with Crippen LogP contribution in [0.1, 0.15) is 49.6 Å². The average Bonchev–Trinajstić information content (AvgIpc) is 3.40. The summed E-state index contributed by atoms with van der Waals surface area (Å²) in [6.45, 7) is 3.19. The summed E-state index contributed by atoms with van der Waals surface area (Å²) in [7, 11) is 0. The molecule has 2 aromatic heterocycles. The number of rotatable bonds is 4. The molecule has 0 bridgehead atoms. The van der Waals surface area contributed by atoms with E-state index in [4.69, 9.17) is 0 Å². The van der Waals surface area contributed by atoms with E-state index in [1.165, 1.54) is 4.88 Å². The van der Waals surface area contributed by atoms with Crippen LogP contribution in [0.5, 0.6) is 0 Å². The van der Waals surface area contributed by atoms with E-state index in [1.807, 2.05) is 28.8 Å².